The highest BCUT2D eigenvalue weighted by Crippen LogP contribution is 2.54. The summed E-state index contributed by atoms with van der Waals surface area (Å²) in [5.41, 5.74) is 2.44. The van der Waals surface area contributed by atoms with Gasteiger partial charge in [0.25, 0.3) is 0 Å². The summed E-state index contributed by atoms with van der Waals surface area (Å²) in [5, 5.41) is 3.95. The smallest absolute Gasteiger partial charge is 0.223 e. The zero-order valence-corrected chi connectivity index (χ0v) is 11.9. The van der Waals surface area contributed by atoms with Crippen molar-refractivity contribution in [1.29, 1.82) is 0 Å². The number of benzene rings is 1. The quantitative estimate of drug-likeness (QED) is 0.850. The highest BCUT2D eigenvalue weighted by molar-refractivity contribution is 9.08. The summed E-state index contributed by atoms with van der Waals surface area (Å²) >= 11 is 3.43. The van der Waals surface area contributed by atoms with Crippen molar-refractivity contribution in [3.05, 3.63) is 35.4 Å². The van der Waals surface area contributed by atoms with E-state index in [2.05, 4.69) is 45.5 Å². The number of nitrogens with one attached hydrogen (secondary N) is 1. The normalized spacial score (nSPS) is 28.8. The van der Waals surface area contributed by atoms with Crippen LogP contribution in [0.3, 0.4) is 0 Å². The second-order valence-corrected chi connectivity index (χ2v) is 6.15. The van der Waals surface area contributed by atoms with Crippen LogP contribution in [-0.2, 0) is 16.7 Å². The minimum Gasteiger partial charge on any atom is -0.352 e. The highest BCUT2D eigenvalue weighted by Gasteiger charge is 2.47. The van der Waals surface area contributed by atoms with Crippen molar-refractivity contribution in [3.8, 4) is 0 Å². The number of amides is 1. The molecule has 2 atom stereocenters. The molecule has 96 valence electrons. The Morgan fingerprint density at radius 2 is 1.72 bits per heavy atom. The monoisotopic (exact) mass is 307 g/mol. The molecule has 18 heavy (non-hydrogen) atoms. The average molecular weight is 308 g/mol. The van der Waals surface area contributed by atoms with Gasteiger partial charge in [0.15, 0.2) is 0 Å². The Balaban J connectivity index is 1.49. The molecule has 3 rings (SSSR count). The maximum atomic E-state index is 12.0. The van der Waals surface area contributed by atoms with Crippen LogP contribution in [0.5, 0.6) is 0 Å². The van der Waals surface area contributed by atoms with Crippen molar-refractivity contribution in [1.82, 2.24) is 5.32 Å². The van der Waals surface area contributed by atoms with Crippen LogP contribution in [-0.4, -0.2) is 5.91 Å². The van der Waals surface area contributed by atoms with Gasteiger partial charge in [-0.1, -0.05) is 40.2 Å². The number of halogens is 1. The molecule has 2 fully saturated rings. The van der Waals surface area contributed by atoms with E-state index in [1.54, 1.807) is 0 Å². The molecule has 0 aliphatic heterocycles. The third-order valence-electron chi connectivity index (χ3n) is 4.26. The second-order valence-electron chi connectivity index (χ2n) is 5.59. The largest absolute Gasteiger partial charge is 0.352 e. The standard InChI is InChI=1S/C15H18BrNO/c16-8-10-1-3-11(4-2-10)9-17-15(18)14-6-12-5-13(12)7-14/h1-4,12-14H,5-9H2,(H,17,18). The number of rotatable bonds is 4. The van der Waals surface area contributed by atoms with E-state index >= 15 is 0 Å². The number of carbonyl (C=O) groups is 1. The first kappa shape index (κ1) is 12.2. The Morgan fingerprint density at radius 1 is 1.11 bits per heavy atom. The maximum Gasteiger partial charge on any atom is 0.223 e. The van der Waals surface area contributed by atoms with Crippen molar-refractivity contribution in [2.45, 2.75) is 31.1 Å². The van der Waals surface area contributed by atoms with Crippen LogP contribution >= 0.6 is 15.9 Å². The summed E-state index contributed by atoms with van der Waals surface area (Å²) < 4.78 is 0. The summed E-state index contributed by atoms with van der Waals surface area (Å²) in [7, 11) is 0. The number of carbonyl (C=O) groups excluding carboxylic acids is 1. The van der Waals surface area contributed by atoms with E-state index in [9.17, 15) is 4.79 Å². The van der Waals surface area contributed by atoms with Gasteiger partial charge in [-0.25, -0.2) is 0 Å². The predicted octanol–water partition coefficient (Wildman–Crippen LogP) is 3.24. The molecule has 2 nitrogen and oxygen atoms in total. The van der Waals surface area contributed by atoms with Gasteiger partial charge in [-0.2, -0.15) is 0 Å². The molecule has 2 unspecified atom stereocenters. The molecule has 2 aliphatic rings. The first-order valence-corrected chi connectivity index (χ1v) is 7.80. The van der Waals surface area contributed by atoms with Gasteiger partial charge in [-0.15, -0.1) is 0 Å². The van der Waals surface area contributed by atoms with Crippen molar-refractivity contribution in [3.63, 3.8) is 0 Å². The second kappa shape index (κ2) is 5.04. The number of hydrogen-bond acceptors (Lipinski definition) is 1. The minimum absolute atomic E-state index is 0.256. The lowest BCUT2D eigenvalue weighted by atomic mass is 10.0. The van der Waals surface area contributed by atoms with E-state index < -0.39 is 0 Å². The van der Waals surface area contributed by atoms with Gasteiger partial charge >= 0.3 is 0 Å². The molecule has 0 heterocycles. The molecule has 1 aromatic rings. The molecular weight excluding hydrogens is 290 g/mol. The van der Waals surface area contributed by atoms with E-state index in [-0.39, 0.29) is 11.8 Å². The van der Waals surface area contributed by atoms with Crippen LogP contribution in [0.4, 0.5) is 0 Å². The molecule has 2 saturated carbocycles. The van der Waals surface area contributed by atoms with E-state index in [4.69, 9.17) is 0 Å². The third-order valence-corrected chi connectivity index (χ3v) is 4.91. The van der Waals surface area contributed by atoms with E-state index in [1.165, 1.54) is 17.5 Å². The topological polar surface area (TPSA) is 29.1 Å². The Bertz CT molecular complexity index is 432. The predicted molar refractivity (Wildman–Crippen MR) is 75.2 cm³/mol. The molecule has 0 radical (unpaired) electrons. The zero-order valence-electron chi connectivity index (χ0n) is 10.4. The zero-order chi connectivity index (χ0) is 12.5. The summed E-state index contributed by atoms with van der Waals surface area (Å²) in [6, 6.07) is 8.37. The first-order chi connectivity index (χ1) is 8.76. The van der Waals surface area contributed by atoms with Crippen LogP contribution < -0.4 is 5.32 Å². The summed E-state index contributed by atoms with van der Waals surface area (Å²) in [5.74, 6) is 2.29. The molecule has 2 aliphatic carbocycles. The fourth-order valence-corrected chi connectivity index (χ4v) is 3.38. The summed E-state index contributed by atoms with van der Waals surface area (Å²) in [6.45, 7) is 0.660. The number of fused-ring (bicyclic) bond motifs is 1. The van der Waals surface area contributed by atoms with Gasteiger partial charge in [0.2, 0.25) is 5.91 Å². The van der Waals surface area contributed by atoms with Crippen LogP contribution in [0, 0.1) is 17.8 Å². The maximum absolute atomic E-state index is 12.0. The highest BCUT2D eigenvalue weighted by atomic mass is 79.9. The molecule has 3 heteroatoms. The molecule has 1 aromatic carbocycles. The lowest BCUT2D eigenvalue weighted by Crippen LogP contribution is -2.29. The van der Waals surface area contributed by atoms with Crippen LogP contribution in [0.2, 0.25) is 0 Å². The van der Waals surface area contributed by atoms with Crippen molar-refractivity contribution >= 4 is 21.8 Å². The first-order valence-electron chi connectivity index (χ1n) is 6.67. The van der Waals surface area contributed by atoms with E-state index in [1.807, 2.05) is 0 Å². The lowest BCUT2D eigenvalue weighted by Gasteiger charge is -2.12. The van der Waals surface area contributed by atoms with E-state index in [0.29, 0.717) is 6.54 Å². The number of hydrogen-bond donors (Lipinski definition) is 1. The van der Waals surface area contributed by atoms with Crippen molar-refractivity contribution in [2.75, 3.05) is 0 Å². The number of alkyl halides is 1. The third kappa shape index (κ3) is 2.61. The Labute approximate surface area is 116 Å². The van der Waals surface area contributed by atoms with Crippen LogP contribution in [0.1, 0.15) is 30.4 Å². The molecular formula is C15H18BrNO. The Kier molecular flexibility index (Phi) is 3.42. The Hall–Kier alpha value is -0.830. The molecule has 0 saturated heterocycles. The molecule has 0 aromatic heterocycles. The fraction of sp³-hybridized carbons (Fsp3) is 0.533. The average Bonchev–Trinajstić information content (AvgIpc) is 3.03. The van der Waals surface area contributed by atoms with Crippen molar-refractivity contribution < 1.29 is 4.79 Å². The molecule has 1 N–H and O–H groups in total. The minimum atomic E-state index is 0.256. The molecule has 0 bridgehead atoms. The van der Waals surface area contributed by atoms with E-state index in [0.717, 1.165) is 30.0 Å². The van der Waals surface area contributed by atoms with Gasteiger partial charge in [-0.05, 0) is 42.2 Å². The fourth-order valence-electron chi connectivity index (χ4n) is 3.01. The SMILES string of the molecule is O=C(NCc1ccc(CBr)cc1)C1CC2CC2C1. The summed E-state index contributed by atoms with van der Waals surface area (Å²) in [4.78, 5) is 12.0. The lowest BCUT2D eigenvalue weighted by molar-refractivity contribution is -0.125. The molecule has 0 spiro atoms. The van der Waals surface area contributed by atoms with Gasteiger partial charge in [-0.3, -0.25) is 4.79 Å². The molecule has 1 amide bonds. The van der Waals surface area contributed by atoms with Gasteiger partial charge in [0, 0.05) is 17.8 Å². The van der Waals surface area contributed by atoms with Crippen LogP contribution in [0.15, 0.2) is 24.3 Å². The van der Waals surface area contributed by atoms with Crippen molar-refractivity contribution in [2.24, 2.45) is 17.8 Å². The van der Waals surface area contributed by atoms with Gasteiger partial charge in [0.05, 0.1) is 0 Å². The van der Waals surface area contributed by atoms with Gasteiger partial charge < -0.3 is 5.32 Å². The summed E-state index contributed by atoms with van der Waals surface area (Å²) in [6.07, 6.45) is 3.62. The van der Waals surface area contributed by atoms with Crippen LogP contribution in [0.25, 0.3) is 0 Å². The Morgan fingerprint density at radius 3 is 2.33 bits per heavy atom. The van der Waals surface area contributed by atoms with Gasteiger partial charge in [0.1, 0.15) is 0 Å².